The molecule has 1 aromatic heterocycles. The van der Waals surface area contributed by atoms with Gasteiger partial charge in [-0.1, -0.05) is 32.9 Å². The summed E-state index contributed by atoms with van der Waals surface area (Å²) in [6.07, 6.45) is -0.0652. The van der Waals surface area contributed by atoms with Crippen LogP contribution >= 0.6 is 0 Å². The molecule has 0 saturated carbocycles. The molecule has 5 heteroatoms. The Kier molecular flexibility index (Phi) is 4.41. The number of hydrogen-bond acceptors (Lipinski definition) is 3. The van der Waals surface area contributed by atoms with E-state index in [0.29, 0.717) is 32.1 Å². The number of carbonyl (C=O) groups excluding carboxylic acids is 1. The summed E-state index contributed by atoms with van der Waals surface area (Å²) in [6.45, 7) is 8.74. The summed E-state index contributed by atoms with van der Waals surface area (Å²) in [5, 5.41) is 3.94. The molecule has 1 aliphatic heterocycles. The van der Waals surface area contributed by atoms with Gasteiger partial charge < -0.3 is 19.8 Å². The molecule has 5 nitrogen and oxygen atoms in total. The Balaban J connectivity index is 1.70. The molecule has 1 unspecified atom stereocenters. The maximum Gasteiger partial charge on any atom is 0.267 e. The van der Waals surface area contributed by atoms with Crippen molar-refractivity contribution in [2.24, 2.45) is 0 Å². The van der Waals surface area contributed by atoms with Crippen LogP contribution in [0.5, 0.6) is 0 Å². The van der Waals surface area contributed by atoms with Crippen molar-refractivity contribution in [3.8, 4) is 0 Å². The first-order chi connectivity index (χ1) is 10.9. The Morgan fingerprint density at radius 2 is 2.13 bits per heavy atom. The van der Waals surface area contributed by atoms with Crippen LogP contribution < -0.4 is 5.32 Å². The number of benzene rings is 1. The van der Waals surface area contributed by atoms with Crippen LogP contribution in [0.3, 0.4) is 0 Å². The molecule has 1 atom stereocenters. The number of aromatic amines is 1. The molecule has 1 saturated heterocycles. The molecular formula is C18H24N2O3. The molecular weight excluding hydrogens is 292 g/mol. The highest BCUT2D eigenvalue weighted by atomic mass is 16.6. The van der Waals surface area contributed by atoms with Gasteiger partial charge in [-0.25, -0.2) is 0 Å². The lowest BCUT2D eigenvalue weighted by molar-refractivity contribution is -0.0855. The van der Waals surface area contributed by atoms with Crippen molar-refractivity contribution in [3.63, 3.8) is 0 Å². The molecule has 124 valence electrons. The summed E-state index contributed by atoms with van der Waals surface area (Å²) in [4.78, 5) is 15.5. The molecule has 0 spiro atoms. The SMILES string of the molecule is CC(C)(C)c1ccc2cc(C(=O)NCC3COCCO3)[nH]c2c1. The van der Waals surface area contributed by atoms with Gasteiger partial charge in [-0.3, -0.25) is 4.79 Å². The van der Waals surface area contributed by atoms with E-state index in [9.17, 15) is 4.79 Å². The number of H-pyrrole nitrogens is 1. The standard InChI is InChI=1S/C18H24N2O3/c1-18(2,3)13-5-4-12-8-16(20-15(12)9-13)17(21)19-10-14-11-22-6-7-23-14/h4-5,8-9,14,20H,6-7,10-11H2,1-3H3,(H,19,21). The van der Waals surface area contributed by atoms with Gasteiger partial charge in [0.15, 0.2) is 0 Å². The molecule has 3 rings (SSSR count). The summed E-state index contributed by atoms with van der Waals surface area (Å²) >= 11 is 0. The van der Waals surface area contributed by atoms with Crippen LogP contribution in [-0.2, 0) is 14.9 Å². The van der Waals surface area contributed by atoms with E-state index >= 15 is 0 Å². The number of nitrogens with one attached hydrogen (secondary N) is 2. The normalized spacial score (nSPS) is 19.0. The van der Waals surface area contributed by atoms with Crippen LogP contribution in [0, 0.1) is 0 Å². The zero-order valence-corrected chi connectivity index (χ0v) is 13.9. The van der Waals surface area contributed by atoms with Crippen molar-refractivity contribution in [3.05, 3.63) is 35.5 Å². The first-order valence-corrected chi connectivity index (χ1v) is 8.04. The number of aromatic nitrogens is 1. The predicted octanol–water partition coefficient (Wildman–Crippen LogP) is 2.61. The third-order valence-corrected chi connectivity index (χ3v) is 4.11. The number of rotatable bonds is 3. The van der Waals surface area contributed by atoms with E-state index in [-0.39, 0.29) is 17.4 Å². The minimum atomic E-state index is -0.118. The third-order valence-electron chi connectivity index (χ3n) is 4.11. The van der Waals surface area contributed by atoms with Gasteiger partial charge in [0.1, 0.15) is 5.69 Å². The van der Waals surface area contributed by atoms with Gasteiger partial charge >= 0.3 is 0 Å². The number of amides is 1. The number of fused-ring (bicyclic) bond motifs is 1. The highest BCUT2D eigenvalue weighted by molar-refractivity contribution is 5.98. The van der Waals surface area contributed by atoms with Gasteiger partial charge in [0.05, 0.1) is 25.9 Å². The number of carbonyl (C=O) groups is 1. The van der Waals surface area contributed by atoms with E-state index in [1.54, 1.807) is 0 Å². The van der Waals surface area contributed by atoms with Gasteiger partial charge in [0, 0.05) is 17.4 Å². The van der Waals surface area contributed by atoms with Gasteiger partial charge in [0.2, 0.25) is 0 Å². The lowest BCUT2D eigenvalue weighted by Gasteiger charge is -2.22. The molecule has 0 bridgehead atoms. The Labute approximate surface area is 136 Å². The quantitative estimate of drug-likeness (QED) is 0.915. The fourth-order valence-electron chi connectivity index (χ4n) is 2.67. The summed E-state index contributed by atoms with van der Waals surface area (Å²) in [5.41, 5.74) is 2.88. The molecule has 1 amide bonds. The van der Waals surface area contributed by atoms with E-state index < -0.39 is 0 Å². The Morgan fingerprint density at radius 3 is 2.83 bits per heavy atom. The molecule has 1 aliphatic rings. The summed E-state index contributed by atoms with van der Waals surface area (Å²) in [6, 6.07) is 8.17. The van der Waals surface area contributed by atoms with E-state index in [1.807, 2.05) is 6.07 Å². The molecule has 23 heavy (non-hydrogen) atoms. The van der Waals surface area contributed by atoms with Crippen molar-refractivity contribution in [2.45, 2.75) is 32.3 Å². The van der Waals surface area contributed by atoms with Gasteiger partial charge in [0.25, 0.3) is 5.91 Å². The zero-order chi connectivity index (χ0) is 16.4. The highest BCUT2D eigenvalue weighted by Gasteiger charge is 2.18. The van der Waals surface area contributed by atoms with Crippen LogP contribution in [0.4, 0.5) is 0 Å². The average Bonchev–Trinajstić information content (AvgIpc) is 2.96. The second-order valence-corrected chi connectivity index (χ2v) is 7.01. The first-order valence-electron chi connectivity index (χ1n) is 8.04. The molecule has 0 radical (unpaired) electrons. The fourth-order valence-corrected chi connectivity index (χ4v) is 2.67. The highest BCUT2D eigenvalue weighted by Crippen LogP contribution is 2.26. The molecule has 0 aliphatic carbocycles. The molecule has 1 fully saturated rings. The van der Waals surface area contributed by atoms with E-state index in [0.717, 1.165) is 10.9 Å². The monoisotopic (exact) mass is 316 g/mol. The summed E-state index contributed by atoms with van der Waals surface area (Å²) in [7, 11) is 0. The lowest BCUT2D eigenvalue weighted by Crippen LogP contribution is -2.39. The van der Waals surface area contributed by atoms with E-state index in [1.165, 1.54) is 5.56 Å². The maximum atomic E-state index is 12.3. The van der Waals surface area contributed by atoms with Crippen LogP contribution in [0.1, 0.15) is 36.8 Å². The van der Waals surface area contributed by atoms with Crippen LogP contribution in [-0.4, -0.2) is 43.4 Å². The fraction of sp³-hybridized carbons (Fsp3) is 0.500. The topological polar surface area (TPSA) is 63.4 Å². The second kappa shape index (κ2) is 6.34. The number of hydrogen-bond donors (Lipinski definition) is 2. The third kappa shape index (κ3) is 3.74. The summed E-state index contributed by atoms with van der Waals surface area (Å²) in [5.74, 6) is -0.118. The predicted molar refractivity (Wildman–Crippen MR) is 89.9 cm³/mol. The van der Waals surface area contributed by atoms with Crippen molar-refractivity contribution < 1.29 is 14.3 Å². The van der Waals surface area contributed by atoms with Crippen molar-refractivity contribution >= 4 is 16.8 Å². The maximum absolute atomic E-state index is 12.3. The Morgan fingerprint density at radius 1 is 1.30 bits per heavy atom. The average molecular weight is 316 g/mol. The number of ether oxygens (including phenoxy) is 2. The van der Waals surface area contributed by atoms with Gasteiger partial charge in [-0.05, 0) is 23.1 Å². The minimum Gasteiger partial charge on any atom is -0.376 e. The van der Waals surface area contributed by atoms with Gasteiger partial charge in [-0.15, -0.1) is 0 Å². The van der Waals surface area contributed by atoms with Crippen LogP contribution in [0.2, 0.25) is 0 Å². The molecule has 2 N–H and O–H groups in total. The minimum absolute atomic E-state index is 0.0652. The Hall–Kier alpha value is -1.85. The smallest absolute Gasteiger partial charge is 0.267 e. The summed E-state index contributed by atoms with van der Waals surface area (Å²) < 4.78 is 10.9. The zero-order valence-electron chi connectivity index (χ0n) is 13.9. The first kappa shape index (κ1) is 16.0. The van der Waals surface area contributed by atoms with Crippen molar-refractivity contribution in [1.29, 1.82) is 0 Å². The molecule has 1 aromatic carbocycles. The van der Waals surface area contributed by atoms with E-state index in [2.05, 4.69) is 49.3 Å². The van der Waals surface area contributed by atoms with Gasteiger partial charge in [-0.2, -0.15) is 0 Å². The van der Waals surface area contributed by atoms with Crippen molar-refractivity contribution in [1.82, 2.24) is 10.3 Å². The van der Waals surface area contributed by atoms with Crippen LogP contribution in [0.25, 0.3) is 10.9 Å². The van der Waals surface area contributed by atoms with Crippen LogP contribution in [0.15, 0.2) is 24.3 Å². The molecule has 2 heterocycles. The van der Waals surface area contributed by atoms with Crippen molar-refractivity contribution in [2.75, 3.05) is 26.4 Å². The lowest BCUT2D eigenvalue weighted by atomic mass is 9.87. The Bertz CT molecular complexity index is 694. The molecule has 2 aromatic rings. The van der Waals surface area contributed by atoms with E-state index in [4.69, 9.17) is 9.47 Å². The second-order valence-electron chi connectivity index (χ2n) is 7.01. The largest absolute Gasteiger partial charge is 0.376 e.